The molecule has 1 heterocycles. The highest BCUT2D eigenvalue weighted by Crippen LogP contribution is 2.32. The molecular weight excluding hydrogens is 416 g/mol. The van der Waals surface area contributed by atoms with E-state index in [9.17, 15) is 9.50 Å². The Morgan fingerprint density at radius 3 is 2.72 bits per heavy atom. The smallest absolute Gasteiger partial charge is 0.142 e. The highest BCUT2D eigenvalue weighted by molar-refractivity contribution is 6.35. The van der Waals surface area contributed by atoms with E-state index < -0.39 is 11.9 Å². The summed E-state index contributed by atoms with van der Waals surface area (Å²) in [5, 5.41) is 10.8. The third-order valence-electron chi connectivity index (χ3n) is 5.04. The van der Waals surface area contributed by atoms with E-state index in [1.165, 1.54) is 12.1 Å². The van der Waals surface area contributed by atoms with Gasteiger partial charge in [0.05, 0.1) is 36.5 Å². The lowest BCUT2D eigenvalue weighted by molar-refractivity contribution is -0.0616. The molecule has 0 saturated carbocycles. The van der Waals surface area contributed by atoms with Crippen LogP contribution in [0, 0.1) is 5.82 Å². The fourth-order valence-electron chi connectivity index (χ4n) is 3.54. The number of aliphatic hydroxyl groups is 1. The molecule has 3 rings (SSSR count). The second-order valence-electron chi connectivity index (χ2n) is 7.20. The van der Waals surface area contributed by atoms with E-state index in [-0.39, 0.29) is 23.8 Å². The lowest BCUT2D eigenvalue weighted by Crippen LogP contribution is -2.43. The van der Waals surface area contributed by atoms with Gasteiger partial charge in [0.25, 0.3) is 0 Å². The van der Waals surface area contributed by atoms with Gasteiger partial charge in [-0.1, -0.05) is 60.5 Å². The highest BCUT2D eigenvalue weighted by atomic mass is 35.5. The SMILES string of the molecule is CCC(OCC(O)CN1CCOC(c2cc(F)c(Cl)cc2Cl)C1)c1ccccc1. The predicted molar refractivity (Wildman–Crippen MR) is 113 cm³/mol. The van der Waals surface area contributed by atoms with Crippen molar-refractivity contribution in [3.63, 3.8) is 0 Å². The Morgan fingerprint density at radius 1 is 1.24 bits per heavy atom. The van der Waals surface area contributed by atoms with Crippen LogP contribution < -0.4 is 0 Å². The van der Waals surface area contributed by atoms with Crippen molar-refractivity contribution in [2.45, 2.75) is 31.7 Å². The Bertz CT molecular complexity index is 793. The van der Waals surface area contributed by atoms with E-state index in [2.05, 4.69) is 11.8 Å². The van der Waals surface area contributed by atoms with Crippen LogP contribution in [-0.4, -0.2) is 49.0 Å². The summed E-state index contributed by atoms with van der Waals surface area (Å²) < 4.78 is 25.6. The maximum absolute atomic E-state index is 13.9. The molecule has 3 unspecified atom stereocenters. The van der Waals surface area contributed by atoms with Crippen molar-refractivity contribution in [2.75, 3.05) is 32.8 Å². The third-order valence-corrected chi connectivity index (χ3v) is 5.65. The molecule has 2 aromatic rings. The Balaban J connectivity index is 1.54. The predicted octanol–water partition coefficient (Wildman–Crippen LogP) is 5.03. The molecule has 29 heavy (non-hydrogen) atoms. The van der Waals surface area contributed by atoms with Crippen LogP contribution in [0.5, 0.6) is 0 Å². The highest BCUT2D eigenvalue weighted by Gasteiger charge is 2.26. The Morgan fingerprint density at radius 2 is 2.00 bits per heavy atom. The number of halogens is 3. The second-order valence-corrected chi connectivity index (χ2v) is 8.02. The maximum Gasteiger partial charge on any atom is 0.142 e. The minimum Gasteiger partial charge on any atom is -0.389 e. The van der Waals surface area contributed by atoms with Gasteiger partial charge in [-0.2, -0.15) is 0 Å². The molecule has 3 atom stereocenters. The van der Waals surface area contributed by atoms with Crippen LogP contribution in [0.25, 0.3) is 0 Å². The molecule has 2 aromatic carbocycles. The molecule has 1 aliphatic heterocycles. The average molecular weight is 442 g/mol. The summed E-state index contributed by atoms with van der Waals surface area (Å²) in [7, 11) is 0. The minimum atomic E-state index is -0.635. The molecule has 1 N–H and O–H groups in total. The van der Waals surface area contributed by atoms with E-state index >= 15 is 0 Å². The molecule has 1 fully saturated rings. The maximum atomic E-state index is 13.9. The van der Waals surface area contributed by atoms with Gasteiger partial charge in [-0.15, -0.1) is 0 Å². The Kier molecular flexibility index (Phi) is 8.30. The van der Waals surface area contributed by atoms with Gasteiger partial charge in [-0.05, 0) is 24.1 Å². The number of hydrogen-bond donors (Lipinski definition) is 1. The number of rotatable bonds is 8. The van der Waals surface area contributed by atoms with Crippen LogP contribution in [0.15, 0.2) is 42.5 Å². The Labute approximate surface area is 181 Å². The number of morpholine rings is 1. The van der Waals surface area contributed by atoms with E-state index in [1.54, 1.807) is 0 Å². The summed E-state index contributed by atoms with van der Waals surface area (Å²) >= 11 is 12.0. The van der Waals surface area contributed by atoms with Crippen LogP contribution >= 0.6 is 23.2 Å². The zero-order valence-corrected chi connectivity index (χ0v) is 17.9. The summed E-state index contributed by atoms with van der Waals surface area (Å²) in [6.07, 6.45) is -0.219. The fourth-order valence-corrected chi connectivity index (χ4v) is 4.04. The molecule has 0 radical (unpaired) electrons. The van der Waals surface area contributed by atoms with Crippen LogP contribution in [0.4, 0.5) is 4.39 Å². The van der Waals surface area contributed by atoms with Crippen molar-refractivity contribution in [2.24, 2.45) is 0 Å². The first-order valence-electron chi connectivity index (χ1n) is 9.81. The zero-order valence-electron chi connectivity index (χ0n) is 16.4. The molecule has 0 bridgehead atoms. The van der Waals surface area contributed by atoms with E-state index in [0.29, 0.717) is 36.8 Å². The summed E-state index contributed by atoms with van der Waals surface area (Å²) in [4.78, 5) is 2.08. The number of ether oxygens (including phenoxy) is 2. The van der Waals surface area contributed by atoms with Crippen molar-refractivity contribution < 1.29 is 19.0 Å². The summed E-state index contributed by atoms with van der Waals surface area (Å²) in [6, 6.07) is 12.7. The van der Waals surface area contributed by atoms with Gasteiger partial charge in [0.1, 0.15) is 5.82 Å². The zero-order chi connectivity index (χ0) is 20.8. The molecule has 0 amide bonds. The van der Waals surface area contributed by atoms with Gasteiger partial charge in [-0.3, -0.25) is 4.90 Å². The lowest BCUT2D eigenvalue weighted by atomic mass is 10.1. The number of hydrogen-bond acceptors (Lipinski definition) is 4. The van der Waals surface area contributed by atoms with E-state index in [0.717, 1.165) is 12.0 Å². The normalized spacial score (nSPS) is 19.8. The quantitative estimate of drug-likeness (QED) is 0.582. The molecule has 158 valence electrons. The van der Waals surface area contributed by atoms with Crippen LogP contribution in [0.1, 0.15) is 36.7 Å². The molecule has 1 saturated heterocycles. The first-order chi connectivity index (χ1) is 14.0. The monoisotopic (exact) mass is 441 g/mol. The van der Waals surface area contributed by atoms with Crippen molar-refractivity contribution in [3.05, 3.63) is 69.5 Å². The molecular formula is C22H26Cl2FNO3. The molecule has 1 aliphatic rings. The molecule has 4 nitrogen and oxygen atoms in total. The summed E-state index contributed by atoms with van der Waals surface area (Å²) in [5.74, 6) is -0.522. The second kappa shape index (κ2) is 10.7. The average Bonchev–Trinajstić information content (AvgIpc) is 2.72. The van der Waals surface area contributed by atoms with E-state index in [4.69, 9.17) is 32.7 Å². The van der Waals surface area contributed by atoms with Gasteiger partial charge in [0.15, 0.2) is 0 Å². The lowest BCUT2D eigenvalue weighted by Gasteiger charge is -2.34. The van der Waals surface area contributed by atoms with Crippen molar-refractivity contribution in [1.82, 2.24) is 4.90 Å². The molecule has 7 heteroatoms. The van der Waals surface area contributed by atoms with Crippen LogP contribution in [0.2, 0.25) is 10.0 Å². The minimum absolute atomic E-state index is 0.0112. The number of nitrogens with zero attached hydrogens (tertiary/aromatic N) is 1. The number of benzene rings is 2. The summed E-state index contributed by atoms with van der Waals surface area (Å²) in [6.45, 7) is 4.40. The first kappa shape index (κ1) is 22.5. The van der Waals surface area contributed by atoms with Gasteiger partial charge < -0.3 is 14.6 Å². The third kappa shape index (κ3) is 6.14. The fraction of sp³-hybridized carbons (Fsp3) is 0.455. The van der Waals surface area contributed by atoms with Gasteiger partial charge in [0.2, 0.25) is 0 Å². The molecule has 0 aliphatic carbocycles. The molecule has 0 aromatic heterocycles. The largest absolute Gasteiger partial charge is 0.389 e. The van der Waals surface area contributed by atoms with Gasteiger partial charge in [-0.25, -0.2) is 4.39 Å². The van der Waals surface area contributed by atoms with E-state index in [1.807, 2.05) is 30.3 Å². The number of aliphatic hydroxyl groups excluding tert-OH is 1. The van der Waals surface area contributed by atoms with Crippen LogP contribution in [0.3, 0.4) is 0 Å². The first-order valence-corrected chi connectivity index (χ1v) is 10.6. The summed E-state index contributed by atoms with van der Waals surface area (Å²) in [5.41, 5.74) is 1.67. The van der Waals surface area contributed by atoms with Crippen molar-refractivity contribution in [1.29, 1.82) is 0 Å². The Hall–Kier alpha value is -1.21. The van der Waals surface area contributed by atoms with Crippen molar-refractivity contribution in [3.8, 4) is 0 Å². The van der Waals surface area contributed by atoms with Gasteiger partial charge in [0, 0.05) is 30.2 Å². The van der Waals surface area contributed by atoms with Gasteiger partial charge >= 0.3 is 0 Å². The van der Waals surface area contributed by atoms with Crippen LogP contribution in [-0.2, 0) is 9.47 Å². The number of β-amino-alcohol motifs (C(OH)–C–C–N with tert-alkyl or cyclic N) is 1. The topological polar surface area (TPSA) is 41.9 Å². The standard InChI is InChI=1S/C22H26Cl2FNO3/c1-2-21(15-6-4-3-5-7-15)29-14-16(27)12-26-8-9-28-22(13-26)17-10-20(25)19(24)11-18(17)23/h3-7,10-11,16,21-22,27H,2,8-9,12-14H2,1H3. The molecule has 0 spiro atoms. The van der Waals surface area contributed by atoms with Crippen molar-refractivity contribution >= 4 is 23.2 Å².